The van der Waals surface area contributed by atoms with E-state index in [2.05, 4.69) is 16.4 Å². The third-order valence-corrected chi connectivity index (χ3v) is 3.66. The van der Waals surface area contributed by atoms with Crippen LogP contribution < -0.4 is 5.32 Å². The van der Waals surface area contributed by atoms with E-state index in [0.29, 0.717) is 17.1 Å². The van der Waals surface area contributed by atoms with Gasteiger partial charge in [-0.05, 0) is 30.7 Å². The first kappa shape index (κ1) is 13.7. The van der Waals surface area contributed by atoms with Gasteiger partial charge >= 0.3 is 0 Å². The van der Waals surface area contributed by atoms with Crippen molar-refractivity contribution in [1.29, 1.82) is 0 Å². The van der Waals surface area contributed by atoms with Crippen LogP contribution in [-0.2, 0) is 6.54 Å². The van der Waals surface area contributed by atoms with E-state index in [-0.39, 0.29) is 5.91 Å². The van der Waals surface area contributed by atoms with Crippen LogP contribution in [-0.4, -0.2) is 10.9 Å². The molecular weight excluding hydrogens is 284 g/mol. The number of rotatable bonds is 3. The van der Waals surface area contributed by atoms with E-state index in [1.165, 1.54) is 5.56 Å². The Kier molecular flexibility index (Phi) is 3.67. The van der Waals surface area contributed by atoms with Crippen molar-refractivity contribution in [3.63, 3.8) is 0 Å². The molecule has 3 rings (SSSR count). The van der Waals surface area contributed by atoms with Gasteiger partial charge in [0, 0.05) is 28.7 Å². The van der Waals surface area contributed by atoms with Crippen LogP contribution in [0.3, 0.4) is 0 Å². The Balaban J connectivity index is 1.79. The summed E-state index contributed by atoms with van der Waals surface area (Å²) in [6.45, 7) is 2.54. The molecule has 0 aliphatic rings. The van der Waals surface area contributed by atoms with Crippen molar-refractivity contribution < 1.29 is 4.79 Å². The average Bonchev–Trinajstić information content (AvgIpc) is 2.88. The van der Waals surface area contributed by atoms with E-state index in [9.17, 15) is 4.79 Å². The highest BCUT2D eigenvalue weighted by molar-refractivity contribution is 6.31. The van der Waals surface area contributed by atoms with E-state index >= 15 is 0 Å². The van der Waals surface area contributed by atoms with Crippen LogP contribution in [0, 0.1) is 6.92 Å². The second kappa shape index (κ2) is 5.62. The maximum absolute atomic E-state index is 12.3. The van der Waals surface area contributed by atoms with Crippen LogP contribution in [0.5, 0.6) is 0 Å². The molecule has 3 nitrogen and oxygen atoms in total. The Bertz CT molecular complexity index is 807. The molecule has 3 aromatic rings. The quantitative estimate of drug-likeness (QED) is 0.752. The summed E-state index contributed by atoms with van der Waals surface area (Å²) >= 11 is 6.00. The molecule has 0 bridgehead atoms. The normalized spacial score (nSPS) is 10.8. The summed E-state index contributed by atoms with van der Waals surface area (Å²) in [7, 11) is 0. The topological polar surface area (TPSA) is 44.9 Å². The number of carbonyl (C=O) groups excluding carboxylic acids is 1. The number of benzene rings is 2. The van der Waals surface area contributed by atoms with Gasteiger partial charge in [-0.2, -0.15) is 0 Å². The third-order valence-electron chi connectivity index (χ3n) is 3.42. The van der Waals surface area contributed by atoms with Crippen molar-refractivity contribution in [1.82, 2.24) is 10.3 Å². The molecule has 0 aliphatic carbocycles. The predicted octanol–water partition coefficient (Wildman–Crippen LogP) is 4.06. The van der Waals surface area contributed by atoms with E-state index in [1.807, 2.05) is 31.2 Å². The fourth-order valence-corrected chi connectivity index (χ4v) is 2.55. The van der Waals surface area contributed by atoms with Gasteiger partial charge in [0.25, 0.3) is 5.91 Å². The molecule has 0 unspecified atom stereocenters. The zero-order valence-electron chi connectivity index (χ0n) is 11.6. The van der Waals surface area contributed by atoms with E-state index in [0.717, 1.165) is 16.5 Å². The monoisotopic (exact) mass is 298 g/mol. The summed E-state index contributed by atoms with van der Waals surface area (Å²) in [5, 5.41) is 4.40. The SMILES string of the molecule is Cc1cccc(CNC(=O)c2c[nH]c3ccc(Cl)cc23)c1. The van der Waals surface area contributed by atoms with Crippen molar-refractivity contribution in [3.8, 4) is 0 Å². The number of nitrogens with one attached hydrogen (secondary N) is 2. The Labute approximate surface area is 127 Å². The Morgan fingerprint density at radius 2 is 2.10 bits per heavy atom. The lowest BCUT2D eigenvalue weighted by Gasteiger charge is -2.05. The maximum Gasteiger partial charge on any atom is 0.253 e. The van der Waals surface area contributed by atoms with Crippen LogP contribution in [0.1, 0.15) is 21.5 Å². The summed E-state index contributed by atoms with van der Waals surface area (Å²) in [5.74, 6) is -0.106. The van der Waals surface area contributed by atoms with Gasteiger partial charge in [0.2, 0.25) is 0 Å². The number of aryl methyl sites for hydroxylation is 1. The highest BCUT2D eigenvalue weighted by atomic mass is 35.5. The molecule has 0 radical (unpaired) electrons. The van der Waals surface area contributed by atoms with Gasteiger partial charge < -0.3 is 10.3 Å². The van der Waals surface area contributed by atoms with Crippen LogP contribution in [0.15, 0.2) is 48.7 Å². The molecule has 1 heterocycles. The highest BCUT2D eigenvalue weighted by Crippen LogP contribution is 2.22. The van der Waals surface area contributed by atoms with Crippen molar-refractivity contribution in [2.24, 2.45) is 0 Å². The molecule has 0 saturated carbocycles. The minimum absolute atomic E-state index is 0.106. The summed E-state index contributed by atoms with van der Waals surface area (Å²) < 4.78 is 0. The Morgan fingerprint density at radius 3 is 2.90 bits per heavy atom. The van der Waals surface area contributed by atoms with Gasteiger partial charge in [-0.25, -0.2) is 0 Å². The Hall–Kier alpha value is -2.26. The molecule has 1 aromatic heterocycles. The molecule has 0 saturated heterocycles. The number of fused-ring (bicyclic) bond motifs is 1. The first-order chi connectivity index (χ1) is 10.1. The average molecular weight is 299 g/mol. The lowest BCUT2D eigenvalue weighted by atomic mass is 10.1. The molecule has 0 atom stereocenters. The lowest BCUT2D eigenvalue weighted by molar-refractivity contribution is 0.0952. The molecule has 106 valence electrons. The van der Waals surface area contributed by atoms with Gasteiger partial charge in [-0.1, -0.05) is 41.4 Å². The van der Waals surface area contributed by atoms with Crippen molar-refractivity contribution in [2.75, 3.05) is 0 Å². The van der Waals surface area contributed by atoms with Crippen LogP contribution in [0.25, 0.3) is 10.9 Å². The van der Waals surface area contributed by atoms with Crippen molar-refractivity contribution >= 4 is 28.4 Å². The summed E-state index contributed by atoms with van der Waals surface area (Å²) in [4.78, 5) is 15.4. The smallest absolute Gasteiger partial charge is 0.253 e. The number of H-pyrrole nitrogens is 1. The van der Waals surface area contributed by atoms with Gasteiger partial charge in [-0.15, -0.1) is 0 Å². The van der Waals surface area contributed by atoms with E-state index in [1.54, 1.807) is 18.3 Å². The number of hydrogen-bond acceptors (Lipinski definition) is 1. The maximum atomic E-state index is 12.3. The number of aromatic nitrogens is 1. The van der Waals surface area contributed by atoms with Crippen LogP contribution in [0.2, 0.25) is 5.02 Å². The van der Waals surface area contributed by atoms with Crippen molar-refractivity contribution in [3.05, 3.63) is 70.4 Å². The molecule has 2 N–H and O–H groups in total. The first-order valence-corrected chi connectivity index (χ1v) is 7.11. The van der Waals surface area contributed by atoms with Gasteiger partial charge in [0.15, 0.2) is 0 Å². The zero-order chi connectivity index (χ0) is 14.8. The molecule has 2 aromatic carbocycles. The molecule has 0 fully saturated rings. The zero-order valence-corrected chi connectivity index (χ0v) is 12.4. The van der Waals surface area contributed by atoms with Crippen molar-refractivity contribution in [2.45, 2.75) is 13.5 Å². The standard InChI is InChI=1S/C17H15ClN2O/c1-11-3-2-4-12(7-11)9-20-17(21)15-10-19-16-6-5-13(18)8-14(15)16/h2-8,10,19H,9H2,1H3,(H,20,21). The summed E-state index contributed by atoms with van der Waals surface area (Å²) in [5.41, 5.74) is 3.78. The first-order valence-electron chi connectivity index (χ1n) is 6.74. The second-order valence-corrected chi connectivity index (χ2v) is 5.50. The fourth-order valence-electron chi connectivity index (χ4n) is 2.38. The van der Waals surface area contributed by atoms with Crippen LogP contribution in [0.4, 0.5) is 0 Å². The molecule has 21 heavy (non-hydrogen) atoms. The second-order valence-electron chi connectivity index (χ2n) is 5.06. The minimum atomic E-state index is -0.106. The van der Waals surface area contributed by atoms with E-state index in [4.69, 9.17) is 11.6 Å². The number of hydrogen-bond donors (Lipinski definition) is 2. The fraction of sp³-hybridized carbons (Fsp3) is 0.118. The largest absolute Gasteiger partial charge is 0.360 e. The highest BCUT2D eigenvalue weighted by Gasteiger charge is 2.12. The number of aromatic amines is 1. The summed E-state index contributed by atoms with van der Waals surface area (Å²) in [6.07, 6.45) is 1.71. The predicted molar refractivity (Wildman–Crippen MR) is 85.7 cm³/mol. The Morgan fingerprint density at radius 1 is 1.24 bits per heavy atom. The van der Waals surface area contributed by atoms with Gasteiger partial charge in [0.05, 0.1) is 5.56 Å². The third kappa shape index (κ3) is 2.93. The molecular formula is C17H15ClN2O. The van der Waals surface area contributed by atoms with Gasteiger partial charge in [0.1, 0.15) is 0 Å². The minimum Gasteiger partial charge on any atom is -0.360 e. The van der Waals surface area contributed by atoms with Crippen LogP contribution >= 0.6 is 11.6 Å². The van der Waals surface area contributed by atoms with Gasteiger partial charge in [-0.3, -0.25) is 4.79 Å². The number of amides is 1. The molecule has 4 heteroatoms. The molecule has 0 aliphatic heterocycles. The molecule has 1 amide bonds. The summed E-state index contributed by atoms with van der Waals surface area (Å²) in [6, 6.07) is 13.6. The van der Waals surface area contributed by atoms with E-state index < -0.39 is 0 Å². The number of halogens is 1. The molecule has 0 spiro atoms. The lowest BCUT2D eigenvalue weighted by Crippen LogP contribution is -2.22. The number of carbonyl (C=O) groups is 1.